The van der Waals surface area contributed by atoms with Crippen molar-refractivity contribution in [1.82, 2.24) is 14.3 Å². The van der Waals surface area contributed by atoms with Gasteiger partial charge < -0.3 is 15.1 Å². The van der Waals surface area contributed by atoms with Gasteiger partial charge in [0, 0.05) is 49.2 Å². The lowest BCUT2D eigenvalue weighted by Gasteiger charge is -2.22. The summed E-state index contributed by atoms with van der Waals surface area (Å²) in [5.41, 5.74) is 1.30. The summed E-state index contributed by atoms with van der Waals surface area (Å²) in [5.74, 6) is 0.333. The van der Waals surface area contributed by atoms with Gasteiger partial charge in [-0.05, 0) is 36.2 Å². The van der Waals surface area contributed by atoms with Crippen molar-refractivity contribution in [2.45, 2.75) is 12.8 Å². The monoisotopic (exact) mass is 445 g/mol. The fourth-order valence-corrected chi connectivity index (χ4v) is 4.16. The maximum atomic E-state index is 13.8. The molecule has 1 N–H and O–H groups in total. The number of aromatic nitrogens is 2. The van der Waals surface area contributed by atoms with Gasteiger partial charge in [-0.1, -0.05) is 35.9 Å². The average molecular weight is 446 g/mol. The van der Waals surface area contributed by atoms with Crippen LogP contribution in [0.5, 0.6) is 0 Å². The third-order valence-electron chi connectivity index (χ3n) is 4.90. The fourth-order valence-electron chi connectivity index (χ4n) is 3.30. The van der Waals surface area contributed by atoms with Crippen LogP contribution in [0.3, 0.4) is 0 Å². The maximum absolute atomic E-state index is 13.8. The number of para-hydroxylation sites is 1. The van der Waals surface area contributed by atoms with Crippen molar-refractivity contribution >= 4 is 40.0 Å². The highest BCUT2D eigenvalue weighted by Crippen LogP contribution is 2.22. The second-order valence-electron chi connectivity index (χ2n) is 7.03. The number of halogens is 2. The molecular weight excluding hydrogens is 425 g/mol. The molecule has 1 aliphatic rings. The molecule has 2 heterocycles. The molecule has 9 heteroatoms. The molecule has 156 valence electrons. The van der Waals surface area contributed by atoms with Crippen LogP contribution in [0.15, 0.2) is 48.5 Å². The maximum Gasteiger partial charge on any atom is 0.321 e. The minimum absolute atomic E-state index is 0.194. The Kier molecular flexibility index (Phi) is 6.44. The van der Waals surface area contributed by atoms with Crippen LogP contribution in [-0.2, 0) is 6.42 Å². The molecule has 1 aliphatic heterocycles. The normalized spacial score (nSPS) is 14.5. The van der Waals surface area contributed by atoms with E-state index in [1.165, 1.54) is 17.6 Å². The molecule has 1 saturated heterocycles. The van der Waals surface area contributed by atoms with E-state index in [2.05, 4.69) is 19.6 Å². The molecule has 0 spiro atoms. The Balaban J connectivity index is 1.35. The number of hydrogen-bond donors (Lipinski definition) is 1. The van der Waals surface area contributed by atoms with Crippen molar-refractivity contribution in [2.24, 2.45) is 0 Å². The van der Waals surface area contributed by atoms with E-state index >= 15 is 0 Å². The first-order valence-corrected chi connectivity index (χ1v) is 10.9. The van der Waals surface area contributed by atoms with Crippen molar-refractivity contribution in [3.8, 4) is 0 Å². The van der Waals surface area contributed by atoms with Gasteiger partial charge in [0.2, 0.25) is 5.13 Å². The Labute approximate surface area is 183 Å². The number of urea groups is 1. The quantitative estimate of drug-likeness (QED) is 0.634. The predicted octanol–water partition coefficient (Wildman–Crippen LogP) is 4.67. The van der Waals surface area contributed by atoms with Gasteiger partial charge in [0.25, 0.3) is 0 Å². The van der Waals surface area contributed by atoms with Gasteiger partial charge in [-0.3, -0.25) is 0 Å². The molecular formula is C21H21ClFN5OS. The van der Waals surface area contributed by atoms with Gasteiger partial charge in [0.05, 0.1) is 5.69 Å². The van der Waals surface area contributed by atoms with Crippen molar-refractivity contribution < 1.29 is 9.18 Å². The molecule has 4 rings (SSSR count). The largest absolute Gasteiger partial charge is 0.345 e. The minimum Gasteiger partial charge on any atom is -0.345 e. The van der Waals surface area contributed by atoms with Crippen molar-refractivity contribution in [3.63, 3.8) is 0 Å². The summed E-state index contributed by atoms with van der Waals surface area (Å²) in [6.45, 7) is 2.58. The molecule has 0 bridgehead atoms. The van der Waals surface area contributed by atoms with Gasteiger partial charge in [-0.15, -0.1) is 0 Å². The number of anilines is 2. The number of carbonyl (C=O) groups is 1. The summed E-state index contributed by atoms with van der Waals surface area (Å²) in [6, 6.07) is 13.6. The van der Waals surface area contributed by atoms with E-state index in [0.717, 1.165) is 29.5 Å². The van der Waals surface area contributed by atoms with Crippen molar-refractivity contribution in [2.75, 3.05) is 36.4 Å². The molecule has 0 saturated carbocycles. The summed E-state index contributed by atoms with van der Waals surface area (Å²) >= 11 is 7.31. The number of carbonyl (C=O) groups excluding carboxylic acids is 1. The van der Waals surface area contributed by atoms with E-state index in [1.807, 2.05) is 24.3 Å². The highest BCUT2D eigenvalue weighted by atomic mass is 35.5. The first kappa shape index (κ1) is 20.6. The Hall–Kier alpha value is -2.71. The highest BCUT2D eigenvalue weighted by Gasteiger charge is 2.22. The third-order valence-corrected chi connectivity index (χ3v) is 5.97. The molecule has 3 aromatic rings. The molecule has 0 radical (unpaired) electrons. The lowest BCUT2D eigenvalue weighted by atomic mass is 10.1. The summed E-state index contributed by atoms with van der Waals surface area (Å²) in [5, 5.41) is 4.22. The minimum atomic E-state index is -0.440. The van der Waals surface area contributed by atoms with E-state index in [1.54, 1.807) is 23.1 Å². The molecule has 1 aromatic heterocycles. The predicted molar refractivity (Wildman–Crippen MR) is 118 cm³/mol. The molecule has 0 unspecified atom stereocenters. The summed E-state index contributed by atoms with van der Waals surface area (Å²) in [7, 11) is 0. The zero-order valence-corrected chi connectivity index (χ0v) is 17.8. The van der Waals surface area contributed by atoms with Gasteiger partial charge in [0.1, 0.15) is 11.6 Å². The first-order valence-electron chi connectivity index (χ1n) is 9.71. The van der Waals surface area contributed by atoms with Crippen LogP contribution in [0.2, 0.25) is 5.02 Å². The van der Waals surface area contributed by atoms with Crippen LogP contribution < -0.4 is 10.2 Å². The number of amides is 2. The summed E-state index contributed by atoms with van der Waals surface area (Å²) < 4.78 is 18.3. The SMILES string of the molecule is O=C(Nc1ccccc1F)N1CCCN(c2nc(Cc3ccc(Cl)cc3)ns2)CC1. The van der Waals surface area contributed by atoms with Gasteiger partial charge in [-0.25, -0.2) is 14.2 Å². The Morgan fingerprint density at radius 3 is 2.70 bits per heavy atom. The van der Waals surface area contributed by atoms with Crippen molar-refractivity contribution in [1.29, 1.82) is 0 Å². The van der Waals surface area contributed by atoms with Crippen LogP contribution >= 0.6 is 23.1 Å². The number of hydrogen-bond acceptors (Lipinski definition) is 5. The van der Waals surface area contributed by atoms with E-state index < -0.39 is 5.82 Å². The lowest BCUT2D eigenvalue weighted by Crippen LogP contribution is -2.38. The zero-order valence-electron chi connectivity index (χ0n) is 16.2. The number of nitrogens with one attached hydrogen (secondary N) is 1. The van der Waals surface area contributed by atoms with Gasteiger partial charge >= 0.3 is 6.03 Å². The van der Waals surface area contributed by atoms with E-state index in [-0.39, 0.29) is 11.7 Å². The average Bonchev–Trinajstić information content (AvgIpc) is 3.06. The molecule has 6 nitrogen and oxygen atoms in total. The van der Waals surface area contributed by atoms with Crippen LogP contribution in [0, 0.1) is 5.82 Å². The third kappa shape index (κ3) is 5.06. The Bertz CT molecular complexity index is 1010. The molecule has 0 atom stereocenters. The van der Waals surface area contributed by atoms with Crippen LogP contribution in [0.1, 0.15) is 17.8 Å². The second kappa shape index (κ2) is 9.40. The Morgan fingerprint density at radius 2 is 1.90 bits per heavy atom. The number of nitrogens with zero attached hydrogens (tertiary/aromatic N) is 4. The summed E-state index contributed by atoms with van der Waals surface area (Å²) in [6.07, 6.45) is 1.45. The molecule has 1 fully saturated rings. The number of rotatable bonds is 4. The topological polar surface area (TPSA) is 61.4 Å². The van der Waals surface area contributed by atoms with Crippen LogP contribution in [0.4, 0.5) is 20.0 Å². The standard InChI is InChI=1S/C21H21ClFN5OS/c22-16-8-6-15(7-9-16)14-19-25-21(30-26-19)28-11-3-10-27(12-13-28)20(29)24-18-5-2-1-4-17(18)23/h1-2,4-9H,3,10-14H2,(H,24,29). The molecule has 0 aliphatic carbocycles. The Morgan fingerprint density at radius 1 is 1.10 bits per heavy atom. The molecule has 2 amide bonds. The van der Waals surface area contributed by atoms with Gasteiger partial charge in [0.15, 0.2) is 0 Å². The second-order valence-corrected chi connectivity index (χ2v) is 8.20. The van der Waals surface area contributed by atoms with E-state index in [0.29, 0.717) is 31.1 Å². The molecule has 30 heavy (non-hydrogen) atoms. The summed E-state index contributed by atoms with van der Waals surface area (Å²) in [4.78, 5) is 21.1. The van der Waals surface area contributed by atoms with Crippen LogP contribution in [0.25, 0.3) is 0 Å². The number of benzene rings is 2. The first-order chi connectivity index (χ1) is 14.6. The van der Waals surface area contributed by atoms with E-state index in [9.17, 15) is 9.18 Å². The van der Waals surface area contributed by atoms with Gasteiger partial charge in [-0.2, -0.15) is 4.37 Å². The zero-order chi connectivity index (χ0) is 20.9. The smallest absolute Gasteiger partial charge is 0.321 e. The van der Waals surface area contributed by atoms with Crippen molar-refractivity contribution in [3.05, 3.63) is 70.8 Å². The van der Waals surface area contributed by atoms with Crippen LogP contribution in [-0.4, -0.2) is 46.5 Å². The van der Waals surface area contributed by atoms with E-state index in [4.69, 9.17) is 11.6 Å². The lowest BCUT2D eigenvalue weighted by molar-refractivity contribution is 0.215. The highest BCUT2D eigenvalue weighted by molar-refractivity contribution is 7.09. The fraction of sp³-hybridized carbons (Fsp3) is 0.286. The molecule has 2 aromatic carbocycles.